The Kier molecular flexibility index (Phi) is 4.43. The first-order valence-electron chi connectivity index (χ1n) is 2.38. The van der Waals surface area contributed by atoms with Gasteiger partial charge in [0.1, 0.15) is 0 Å². The maximum absolute atomic E-state index is 10.0. The molecule has 1 aliphatic heterocycles. The van der Waals surface area contributed by atoms with E-state index in [0.29, 0.717) is 13.2 Å². The van der Waals surface area contributed by atoms with Gasteiger partial charge in [-0.25, -0.2) is 4.79 Å². The second kappa shape index (κ2) is 4.24. The number of hydrogen-bond acceptors (Lipinski definition) is 3. The number of carbonyl (C=O) groups is 1. The van der Waals surface area contributed by atoms with Crippen molar-refractivity contribution < 1.29 is 14.6 Å². The van der Waals surface area contributed by atoms with Gasteiger partial charge in [0.05, 0.1) is 6.61 Å². The van der Waals surface area contributed by atoms with Crippen LogP contribution < -0.4 is 5.32 Å². The van der Waals surface area contributed by atoms with E-state index in [1.165, 1.54) is 0 Å². The Bertz CT molecular complexity index is 102. The molecule has 0 aromatic heterocycles. The van der Waals surface area contributed by atoms with Crippen LogP contribution in [0, 0.1) is 0 Å². The second-order valence-electron chi connectivity index (χ2n) is 1.54. The fraction of sp³-hybridized carbons (Fsp3) is 0.750. The summed E-state index contributed by atoms with van der Waals surface area (Å²) in [7, 11) is 0. The van der Waals surface area contributed by atoms with Gasteiger partial charge in [0.25, 0.3) is 0 Å². The Morgan fingerprint density at radius 3 is 2.67 bits per heavy atom. The Balaban J connectivity index is 0.000000640. The van der Waals surface area contributed by atoms with Crippen LogP contribution in [0.4, 0.5) is 0 Å². The molecule has 1 saturated heterocycles. The van der Waals surface area contributed by atoms with Crippen molar-refractivity contribution in [3.63, 3.8) is 0 Å². The van der Waals surface area contributed by atoms with Crippen LogP contribution in [0.15, 0.2) is 0 Å². The third kappa shape index (κ3) is 2.64. The molecule has 0 spiro atoms. The molecule has 1 atom stereocenters. The van der Waals surface area contributed by atoms with Crippen molar-refractivity contribution in [2.45, 2.75) is 6.23 Å². The van der Waals surface area contributed by atoms with E-state index in [1.54, 1.807) is 0 Å². The van der Waals surface area contributed by atoms with Crippen molar-refractivity contribution in [3.8, 4) is 0 Å². The maximum atomic E-state index is 10.0. The number of ether oxygens (including phenoxy) is 1. The van der Waals surface area contributed by atoms with Crippen LogP contribution in [-0.2, 0) is 9.53 Å². The number of carboxylic acids is 1. The van der Waals surface area contributed by atoms with E-state index < -0.39 is 12.2 Å². The molecule has 1 unspecified atom stereocenters. The Morgan fingerprint density at radius 2 is 2.44 bits per heavy atom. The molecule has 0 bridgehead atoms. The number of hydrogen-bond donors (Lipinski definition) is 2. The summed E-state index contributed by atoms with van der Waals surface area (Å²) in [5.74, 6) is -0.942. The van der Waals surface area contributed by atoms with Gasteiger partial charge in [0.2, 0.25) is 6.23 Å². The van der Waals surface area contributed by atoms with Crippen molar-refractivity contribution in [1.82, 2.24) is 5.32 Å². The molecule has 0 amide bonds. The molecule has 4 nitrogen and oxygen atoms in total. The minimum atomic E-state index is -0.942. The molecular weight excluding hydrogens is 133 g/mol. The molecule has 0 aromatic rings. The zero-order chi connectivity index (χ0) is 5.98. The van der Waals surface area contributed by atoms with Crippen molar-refractivity contribution in [2.75, 3.05) is 13.2 Å². The van der Waals surface area contributed by atoms with Gasteiger partial charge >= 0.3 is 35.5 Å². The predicted octanol–water partition coefficient (Wildman–Crippen LogP) is -1.63. The average molecular weight is 141 g/mol. The van der Waals surface area contributed by atoms with Crippen molar-refractivity contribution in [2.24, 2.45) is 0 Å². The summed E-state index contributed by atoms with van der Waals surface area (Å²) in [6.07, 6.45) is -0.769. The number of rotatable bonds is 1. The van der Waals surface area contributed by atoms with E-state index in [4.69, 9.17) is 9.84 Å². The van der Waals surface area contributed by atoms with Crippen LogP contribution in [0.25, 0.3) is 0 Å². The monoisotopic (exact) mass is 141 g/mol. The summed E-state index contributed by atoms with van der Waals surface area (Å²) in [6, 6.07) is 0. The molecule has 1 aliphatic rings. The standard InChI is InChI=1S/C4H7NO3.Na.H/c6-4(7)3-5-1-2-8-3;;/h3,5H,1-2H2,(H,6,7);;. The van der Waals surface area contributed by atoms with E-state index >= 15 is 0 Å². The molecule has 1 rings (SSSR count). The summed E-state index contributed by atoms with van der Waals surface area (Å²) < 4.78 is 4.70. The SMILES string of the molecule is O=C(O)C1NCCO1.[NaH]. The van der Waals surface area contributed by atoms with E-state index in [9.17, 15) is 4.79 Å². The van der Waals surface area contributed by atoms with Gasteiger partial charge in [0, 0.05) is 6.54 Å². The van der Waals surface area contributed by atoms with Gasteiger partial charge in [-0.1, -0.05) is 0 Å². The first kappa shape index (κ1) is 9.39. The van der Waals surface area contributed by atoms with Gasteiger partial charge in [-0.2, -0.15) is 0 Å². The zero-order valence-corrected chi connectivity index (χ0v) is 4.26. The second-order valence-corrected chi connectivity index (χ2v) is 1.54. The van der Waals surface area contributed by atoms with Crippen molar-refractivity contribution >= 4 is 35.5 Å². The van der Waals surface area contributed by atoms with Crippen LogP contribution in [-0.4, -0.2) is 60.0 Å². The van der Waals surface area contributed by atoms with E-state index in [1.807, 2.05) is 0 Å². The van der Waals surface area contributed by atoms with Crippen molar-refractivity contribution in [3.05, 3.63) is 0 Å². The summed E-state index contributed by atoms with van der Waals surface area (Å²) in [4.78, 5) is 10.0. The zero-order valence-electron chi connectivity index (χ0n) is 4.26. The molecule has 0 aromatic carbocycles. The quantitative estimate of drug-likeness (QED) is 0.430. The molecule has 0 saturated carbocycles. The molecule has 1 heterocycles. The molecule has 9 heavy (non-hydrogen) atoms. The van der Waals surface area contributed by atoms with E-state index in [0.717, 1.165) is 0 Å². The first-order valence-corrected chi connectivity index (χ1v) is 2.38. The van der Waals surface area contributed by atoms with Crippen molar-refractivity contribution in [1.29, 1.82) is 0 Å². The Hall–Kier alpha value is 0.390. The van der Waals surface area contributed by atoms with Gasteiger partial charge in [-0.3, -0.25) is 5.32 Å². The minimum absolute atomic E-state index is 0. The van der Waals surface area contributed by atoms with Crippen LogP contribution in [0.5, 0.6) is 0 Å². The van der Waals surface area contributed by atoms with Crippen LogP contribution in [0.2, 0.25) is 0 Å². The van der Waals surface area contributed by atoms with Gasteiger partial charge in [-0.05, 0) is 0 Å². The number of nitrogens with one attached hydrogen (secondary N) is 1. The molecule has 48 valence electrons. The fourth-order valence-corrected chi connectivity index (χ4v) is 0.584. The third-order valence-corrected chi connectivity index (χ3v) is 0.941. The van der Waals surface area contributed by atoms with E-state index in [-0.39, 0.29) is 29.6 Å². The molecule has 0 radical (unpaired) electrons. The Morgan fingerprint density at radius 1 is 1.78 bits per heavy atom. The molecular formula is C4H8NNaO3. The van der Waals surface area contributed by atoms with Crippen LogP contribution >= 0.6 is 0 Å². The van der Waals surface area contributed by atoms with Gasteiger partial charge in [-0.15, -0.1) is 0 Å². The molecule has 1 fully saturated rings. The number of aliphatic carboxylic acids is 1. The Labute approximate surface area is 74.9 Å². The normalized spacial score (nSPS) is 25.1. The molecule has 5 heteroatoms. The average Bonchev–Trinajstić information content (AvgIpc) is 2.12. The summed E-state index contributed by atoms with van der Waals surface area (Å²) in [5.41, 5.74) is 0. The topological polar surface area (TPSA) is 58.6 Å². The third-order valence-electron chi connectivity index (χ3n) is 0.941. The fourth-order valence-electron chi connectivity index (χ4n) is 0.584. The predicted molar refractivity (Wildman–Crippen MR) is 32.5 cm³/mol. The van der Waals surface area contributed by atoms with Crippen LogP contribution in [0.3, 0.4) is 0 Å². The number of carboxylic acid groups (broad SMARTS) is 1. The first-order chi connectivity index (χ1) is 3.80. The van der Waals surface area contributed by atoms with Gasteiger partial charge in [0.15, 0.2) is 0 Å². The summed E-state index contributed by atoms with van der Waals surface area (Å²) >= 11 is 0. The van der Waals surface area contributed by atoms with E-state index in [2.05, 4.69) is 5.32 Å². The summed E-state index contributed by atoms with van der Waals surface area (Å²) in [5, 5.41) is 10.9. The molecule has 2 N–H and O–H groups in total. The molecule has 0 aliphatic carbocycles. The van der Waals surface area contributed by atoms with Crippen LogP contribution in [0.1, 0.15) is 0 Å². The summed E-state index contributed by atoms with van der Waals surface area (Å²) in [6.45, 7) is 1.13. The van der Waals surface area contributed by atoms with Gasteiger partial charge < -0.3 is 9.84 Å².